The van der Waals surface area contributed by atoms with E-state index < -0.39 is 0 Å². The van der Waals surface area contributed by atoms with Gasteiger partial charge in [0.25, 0.3) is 0 Å². The van der Waals surface area contributed by atoms with Gasteiger partial charge < -0.3 is 5.32 Å². The van der Waals surface area contributed by atoms with Gasteiger partial charge in [0.2, 0.25) is 0 Å². The van der Waals surface area contributed by atoms with Crippen LogP contribution in [0, 0.1) is 0 Å². The maximum absolute atomic E-state index is 6.19. The molecule has 0 aliphatic heterocycles. The Hall–Kier alpha value is -0.540. The number of hydrogen-bond donors (Lipinski definition) is 1. The van der Waals surface area contributed by atoms with E-state index in [2.05, 4.69) is 24.3 Å². The van der Waals surface area contributed by atoms with Crippen molar-refractivity contribution in [3.8, 4) is 0 Å². The summed E-state index contributed by atoms with van der Waals surface area (Å²) in [5.74, 6) is 0. The van der Waals surface area contributed by atoms with Crippen molar-refractivity contribution < 1.29 is 0 Å². The first kappa shape index (κ1) is 13.5. The van der Waals surface area contributed by atoms with Gasteiger partial charge in [0, 0.05) is 6.54 Å². The Bertz CT molecular complexity index is 309. The summed E-state index contributed by atoms with van der Waals surface area (Å²) in [6.45, 7) is 5.18. The molecule has 0 saturated heterocycles. The van der Waals surface area contributed by atoms with Gasteiger partial charge in [-0.1, -0.05) is 37.8 Å². The fourth-order valence-electron chi connectivity index (χ4n) is 1.99. The number of halogens is 1. The Labute approximate surface area is 103 Å². The van der Waals surface area contributed by atoms with Crippen LogP contribution in [0.3, 0.4) is 0 Å². The highest BCUT2D eigenvalue weighted by Crippen LogP contribution is 2.26. The van der Waals surface area contributed by atoms with Crippen molar-refractivity contribution in [3.63, 3.8) is 0 Å². The van der Waals surface area contributed by atoms with Crippen molar-refractivity contribution in [3.05, 3.63) is 16.9 Å². The normalized spacial score (nSPS) is 13.0. The molecule has 16 heavy (non-hydrogen) atoms. The maximum Gasteiger partial charge on any atom is 0.0834 e. The van der Waals surface area contributed by atoms with Crippen LogP contribution >= 0.6 is 11.6 Å². The molecule has 1 rings (SSSR count). The number of unbranched alkanes of at least 4 members (excludes halogenated alkanes) is 2. The standard InChI is InChI=1S/C12H22ClN3/c1-4-6-7-8-11(14-3)12-10(13)9-15-16(12)5-2/h9,11,14H,4-8H2,1-3H3. The van der Waals surface area contributed by atoms with Crippen LogP contribution in [0.2, 0.25) is 5.02 Å². The largest absolute Gasteiger partial charge is 0.312 e. The highest BCUT2D eigenvalue weighted by Gasteiger charge is 2.17. The molecule has 3 nitrogen and oxygen atoms in total. The minimum Gasteiger partial charge on any atom is -0.312 e. The zero-order chi connectivity index (χ0) is 12.0. The summed E-state index contributed by atoms with van der Waals surface area (Å²) in [6, 6.07) is 0.321. The van der Waals surface area contributed by atoms with Gasteiger partial charge in [-0.05, 0) is 20.4 Å². The first-order valence-corrected chi connectivity index (χ1v) is 6.50. The molecule has 0 aliphatic rings. The molecule has 1 atom stereocenters. The Balaban J connectivity index is 2.73. The molecule has 1 unspecified atom stereocenters. The Morgan fingerprint density at radius 2 is 2.19 bits per heavy atom. The second kappa shape index (κ2) is 6.92. The monoisotopic (exact) mass is 243 g/mol. The van der Waals surface area contributed by atoms with Crippen molar-refractivity contribution in [2.24, 2.45) is 0 Å². The lowest BCUT2D eigenvalue weighted by molar-refractivity contribution is 0.468. The minimum absolute atomic E-state index is 0.321. The van der Waals surface area contributed by atoms with E-state index in [-0.39, 0.29) is 0 Å². The zero-order valence-corrected chi connectivity index (χ0v) is 11.2. The van der Waals surface area contributed by atoms with E-state index in [0.29, 0.717) is 6.04 Å². The number of aryl methyl sites for hydroxylation is 1. The van der Waals surface area contributed by atoms with Gasteiger partial charge in [0.05, 0.1) is 23.0 Å². The van der Waals surface area contributed by atoms with Crippen LogP contribution in [0.1, 0.15) is 51.3 Å². The second-order valence-electron chi connectivity index (χ2n) is 4.03. The van der Waals surface area contributed by atoms with Gasteiger partial charge in [-0.25, -0.2) is 0 Å². The third-order valence-corrected chi connectivity index (χ3v) is 3.20. The molecule has 1 aromatic rings. The van der Waals surface area contributed by atoms with E-state index >= 15 is 0 Å². The van der Waals surface area contributed by atoms with Crippen LogP contribution in [-0.2, 0) is 6.54 Å². The highest BCUT2D eigenvalue weighted by molar-refractivity contribution is 6.31. The summed E-state index contributed by atoms with van der Waals surface area (Å²) >= 11 is 6.19. The number of nitrogens with one attached hydrogen (secondary N) is 1. The van der Waals surface area contributed by atoms with Gasteiger partial charge in [-0.2, -0.15) is 5.10 Å². The van der Waals surface area contributed by atoms with Crippen molar-refractivity contribution in [2.45, 2.75) is 52.1 Å². The quantitative estimate of drug-likeness (QED) is 0.744. The van der Waals surface area contributed by atoms with Gasteiger partial charge >= 0.3 is 0 Å². The molecule has 0 bridgehead atoms. The van der Waals surface area contributed by atoms with E-state index in [1.807, 2.05) is 11.7 Å². The number of aromatic nitrogens is 2. The summed E-state index contributed by atoms with van der Waals surface area (Å²) < 4.78 is 1.98. The predicted octanol–water partition coefficient (Wildman–Crippen LogP) is 3.40. The van der Waals surface area contributed by atoms with Crippen LogP contribution < -0.4 is 5.32 Å². The van der Waals surface area contributed by atoms with Gasteiger partial charge in [0.1, 0.15) is 0 Å². The number of hydrogen-bond acceptors (Lipinski definition) is 2. The molecule has 1 aromatic heterocycles. The van der Waals surface area contributed by atoms with Gasteiger partial charge in [-0.15, -0.1) is 0 Å². The molecule has 0 radical (unpaired) electrons. The summed E-state index contributed by atoms with van der Waals surface area (Å²) in [5, 5.41) is 8.39. The summed E-state index contributed by atoms with van der Waals surface area (Å²) in [7, 11) is 1.99. The van der Waals surface area contributed by atoms with Crippen molar-refractivity contribution in [1.82, 2.24) is 15.1 Å². The molecular formula is C12H22ClN3. The fraction of sp³-hybridized carbons (Fsp3) is 0.750. The third kappa shape index (κ3) is 3.22. The number of rotatable bonds is 7. The molecule has 92 valence electrons. The minimum atomic E-state index is 0.321. The molecule has 0 amide bonds. The molecule has 1 N–H and O–H groups in total. The van der Waals surface area contributed by atoms with E-state index in [1.165, 1.54) is 19.3 Å². The fourth-order valence-corrected chi connectivity index (χ4v) is 2.26. The van der Waals surface area contributed by atoms with Crippen LogP contribution in [0.4, 0.5) is 0 Å². The van der Waals surface area contributed by atoms with Crippen molar-refractivity contribution in [1.29, 1.82) is 0 Å². The number of nitrogens with zero attached hydrogens (tertiary/aromatic N) is 2. The lowest BCUT2D eigenvalue weighted by Crippen LogP contribution is -2.20. The van der Waals surface area contributed by atoms with Crippen LogP contribution in [0.25, 0.3) is 0 Å². The molecule has 0 saturated carbocycles. The van der Waals surface area contributed by atoms with Gasteiger partial charge in [0.15, 0.2) is 0 Å². The molecule has 0 fully saturated rings. The van der Waals surface area contributed by atoms with Crippen LogP contribution in [0.5, 0.6) is 0 Å². The van der Waals surface area contributed by atoms with Gasteiger partial charge in [-0.3, -0.25) is 4.68 Å². The average Bonchev–Trinajstić information content (AvgIpc) is 2.66. The van der Waals surface area contributed by atoms with E-state index in [1.54, 1.807) is 6.20 Å². The van der Waals surface area contributed by atoms with Crippen LogP contribution in [0.15, 0.2) is 6.20 Å². The Morgan fingerprint density at radius 3 is 2.75 bits per heavy atom. The zero-order valence-electron chi connectivity index (χ0n) is 10.5. The molecule has 0 aliphatic carbocycles. The van der Waals surface area contributed by atoms with Crippen LogP contribution in [-0.4, -0.2) is 16.8 Å². The summed E-state index contributed by atoms with van der Waals surface area (Å²) in [4.78, 5) is 0. The summed E-state index contributed by atoms with van der Waals surface area (Å²) in [5.41, 5.74) is 1.13. The SMILES string of the molecule is CCCCCC(NC)c1c(Cl)cnn1CC. The van der Waals surface area contributed by atoms with Crippen molar-refractivity contribution in [2.75, 3.05) is 7.05 Å². The predicted molar refractivity (Wildman–Crippen MR) is 68.9 cm³/mol. The smallest absolute Gasteiger partial charge is 0.0834 e. The van der Waals surface area contributed by atoms with E-state index in [4.69, 9.17) is 11.6 Å². The molecule has 1 heterocycles. The van der Waals surface area contributed by atoms with E-state index in [0.717, 1.165) is 23.7 Å². The second-order valence-corrected chi connectivity index (χ2v) is 4.44. The topological polar surface area (TPSA) is 29.9 Å². The lowest BCUT2D eigenvalue weighted by Gasteiger charge is -2.18. The molecule has 4 heteroatoms. The first-order chi connectivity index (χ1) is 7.74. The Morgan fingerprint density at radius 1 is 1.44 bits per heavy atom. The highest BCUT2D eigenvalue weighted by atomic mass is 35.5. The third-order valence-electron chi connectivity index (χ3n) is 2.91. The lowest BCUT2D eigenvalue weighted by atomic mass is 10.1. The van der Waals surface area contributed by atoms with Crippen molar-refractivity contribution >= 4 is 11.6 Å². The average molecular weight is 244 g/mol. The Kier molecular flexibility index (Phi) is 5.85. The molecule has 0 aromatic carbocycles. The molecule has 0 spiro atoms. The van der Waals surface area contributed by atoms with E-state index in [9.17, 15) is 0 Å². The molecular weight excluding hydrogens is 222 g/mol. The first-order valence-electron chi connectivity index (χ1n) is 6.13. The maximum atomic E-state index is 6.19. The summed E-state index contributed by atoms with van der Waals surface area (Å²) in [6.07, 6.45) is 6.61.